The van der Waals surface area contributed by atoms with Crippen molar-refractivity contribution in [2.75, 3.05) is 0 Å². The fourth-order valence-electron chi connectivity index (χ4n) is 3.43. The molecule has 4 rings (SSSR count). The summed E-state index contributed by atoms with van der Waals surface area (Å²) < 4.78 is 2.26. The van der Waals surface area contributed by atoms with E-state index in [2.05, 4.69) is 64.5 Å². The normalized spacial score (nSPS) is 21.0. The van der Waals surface area contributed by atoms with Crippen molar-refractivity contribution in [3.8, 4) is 0 Å². The predicted octanol–water partition coefficient (Wildman–Crippen LogP) is 3.24. The summed E-state index contributed by atoms with van der Waals surface area (Å²) in [5.74, 6) is 0. The number of para-hydroxylation sites is 1. The monoisotopic (exact) mass is 292 g/mol. The van der Waals surface area contributed by atoms with Gasteiger partial charge >= 0.3 is 0 Å². The number of nitrogens with one attached hydrogen (secondary N) is 1. The summed E-state index contributed by atoms with van der Waals surface area (Å²) >= 11 is 0. The molecule has 1 aliphatic rings. The van der Waals surface area contributed by atoms with Crippen LogP contribution in [0.2, 0.25) is 0 Å². The minimum atomic E-state index is -0.295. The van der Waals surface area contributed by atoms with E-state index in [4.69, 9.17) is 0 Å². The lowest BCUT2D eigenvalue weighted by molar-refractivity contribution is 0.113. The van der Waals surface area contributed by atoms with Crippen molar-refractivity contribution >= 4 is 10.9 Å². The number of hydrogen-bond donors (Lipinski definition) is 2. The molecule has 3 nitrogen and oxygen atoms in total. The van der Waals surface area contributed by atoms with Gasteiger partial charge in [-0.15, -0.1) is 0 Å². The lowest BCUT2D eigenvalue weighted by atomic mass is 10.0. The van der Waals surface area contributed by atoms with Crippen LogP contribution in [-0.4, -0.2) is 15.8 Å². The highest BCUT2D eigenvalue weighted by Crippen LogP contribution is 2.31. The summed E-state index contributed by atoms with van der Waals surface area (Å²) in [6.07, 6.45) is 0.472. The van der Waals surface area contributed by atoms with E-state index in [1.165, 1.54) is 22.2 Å². The van der Waals surface area contributed by atoms with Gasteiger partial charge in [0, 0.05) is 24.3 Å². The Morgan fingerprint density at radius 1 is 1.05 bits per heavy atom. The predicted molar refractivity (Wildman–Crippen MR) is 88.6 cm³/mol. The number of nitrogens with zero attached hydrogens (tertiary/aromatic N) is 1. The van der Waals surface area contributed by atoms with Crippen LogP contribution in [0, 0.1) is 0 Å². The second kappa shape index (κ2) is 5.59. The van der Waals surface area contributed by atoms with Crippen molar-refractivity contribution < 1.29 is 5.11 Å². The lowest BCUT2D eigenvalue weighted by Crippen LogP contribution is -2.34. The molecule has 1 aliphatic heterocycles. The molecule has 0 fully saturated rings. The van der Waals surface area contributed by atoms with Crippen molar-refractivity contribution in [2.45, 2.75) is 31.7 Å². The van der Waals surface area contributed by atoms with E-state index in [1.807, 2.05) is 6.07 Å². The molecular formula is C19H20N2O. The van der Waals surface area contributed by atoms with Crippen LogP contribution >= 0.6 is 0 Å². The Bertz CT molecular complexity index is 778. The number of fused-ring (bicyclic) bond motifs is 3. The molecule has 3 aromatic rings. The summed E-state index contributed by atoms with van der Waals surface area (Å²) in [6.45, 7) is 1.51. The summed E-state index contributed by atoms with van der Waals surface area (Å²) in [6, 6.07) is 21.2. The minimum Gasteiger partial charge on any atom is -0.391 e. The first kappa shape index (κ1) is 13.6. The van der Waals surface area contributed by atoms with Crippen LogP contribution in [0.25, 0.3) is 10.9 Å². The van der Waals surface area contributed by atoms with Gasteiger partial charge in [-0.05, 0) is 29.5 Å². The molecular weight excluding hydrogens is 272 g/mol. The third kappa shape index (κ3) is 2.43. The van der Waals surface area contributed by atoms with E-state index >= 15 is 0 Å². The number of hydrogen-bond acceptors (Lipinski definition) is 2. The minimum absolute atomic E-state index is 0.191. The Morgan fingerprint density at radius 2 is 1.82 bits per heavy atom. The highest BCUT2D eigenvalue weighted by atomic mass is 16.3. The Kier molecular flexibility index (Phi) is 3.45. The topological polar surface area (TPSA) is 37.2 Å². The van der Waals surface area contributed by atoms with E-state index in [1.54, 1.807) is 0 Å². The average Bonchev–Trinajstić information content (AvgIpc) is 2.92. The van der Waals surface area contributed by atoms with Gasteiger partial charge in [0.1, 0.15) is 0 Å². The molecule has 0 amide bonds. The van der Waals surface area contributed by atoms with Gasteiger partial charge in [-0.1, -0.05) is 48.5 Å². The number of aliphatic hydroxyl groups is 1. The third-order valence-electron chi connectivity index (χ3n) is 4.50. The molecule has 0 saturated carbocycles. The Labute approximate surface area is 130 Å². The van der Waals surface area contributed by atoms with Crippen LogP contribution in [0.15, 0.2) is 60.7 Å². The largest absolute Gasteiger partial charge is 0.391 e. The van der Waals surface area contributed by atoms with Crippen LogP contribution in [0.1, 0.15) is 23.7 Å². The van der Waals surface area contributed by atoms with Crippen molar-refractivity contribution in [1.82, 2.24) is 9.88 Å². The first-order chi connectivity index (χ1) is 10.8. The lowest BCUT2D eigenvalue weighted by Gasteiger charge is -2.30. The number of aromatic nitrogens is 1. The molecule has 2 heterocycles. The first-order valence-corrected chi connectivity index (χ1v) is 7.85. The molecule has 0 radical (unpaired) electrons. The van der Waals surface area contributed by atoms with Crippen LogP contribution in [0.3, 0.4) is 0 Å². The van der Waals surface area contributed by atoms with Gasteiger partial charge in [0.15, 0.2) is 0 Å². The quantitative estimate of drug-likeness (QED) is 0.777. The van der Waals surface area contributed by atoms with E-state index in [0.29, 0.717) is 6.54 Å². The molecule has 0 bridgehead atoms. The SMILES string of the molecule is O[C@@H]1C[C@H](NCc2ccccc2)c2cc3ccccc3n2C1. The molecule has 112 valence electrons. The van der Waals surface area contributed by atoms with Crippen molar-refractivity contribution in [3.05, 3.63) is 71.9 Å². The van der Waals surface area contributed by atoms with Gasteiger partial charge in [-0.2, -0.15) is 0 Å². The maximum atomic E-state index is 10.2. The molecule has 0 saturated heterocycles. The van der Waals surface area contributed by atoms with E-state index in [9.17, 15) is 5.11 Å². The Balaban J connectivity index is 1.64. The molecule has 0 spiro atoms. The van der Waals surface area contributed by atoms with Gasteiger partial charge in [0.2, 0.25) is 0 Å². The van der Waals surface area contributed by atoms with Crippen LogP contribution in [0.4, 0.5) is 0 Å². The third-order valence-corrected chi connectivity index (χ3v) is 4.50. The Morgan fingerprint density at radius 3 is 2.68 bits per heavy atom. The smallest absolute Gasteiger partial charge is 0.0738 e. The zero-order valence-electron chi connectivity index (χ0n) is 12.4. The van der Waals surface area contributed by atoms with Gasteiger partial charge < -0.3 is 15.0 Å². The second-order valence-corrected chi connectivity index (χ2v) is 6.05. The summed E-state index contributed by atoms with van der Waals surface area (Å²) in [4.78, 5) is 0. The molecule has 2 N–H and O–H groups in total. The fourth-order valence-corrected chi connectivity index (χ4v) is 3.43. The molecule has 3 heteroatoms. The highest BCUT2D eigenvalue weighted by Gasteiger charge is 2.27. The van der Waals surface area contributed by atoms with Crippen LogP contribution in [-0.2, 0) is 13.1 Å². The summed E-state index contributed by atoms with van der Waals surface area (Å²) in [7, 11) is 0. The zero-order valence-corrected chi connectivity index (χ0v) is 12.4. The van der Waals surface area contributed by atoms with Gasteiger partial charge in [-0.3, -0.25) is 0 Å². The molecule has 22 heavy (non-hydrogen) atoms. The molecule has 2 atom stereocenters. The average molecular weight is 292 g/mol. The number of aliphatic hydroxyl groups excluding tert-OH is 1. The van der Waals surface area contributed by atoms with Crippen molar-refractivity contribution in [2.24, 2.45) is 0 Å². The Hall–Kier alpha value is -2.10. The van der Waals surface area contributed by atoms with Gasteiger partial charge in [-0.25, -0.2) is 0 Å². The molecule has 1 aromatic heterocycles. The maximum Gasteiger partial charge on any atom is 0.0738 e. The standard InChI is InChI=1S/C19H20N2O/c22-16-11-17(20-12-14-6-2-1-3-7-14)19-10-15-8-4-5-9-18(15)21(19)13-16/h1-10,16-17,20,22H,11-13H2/t16-,17+/m1/s1. The molecule has 0 aliphatic carbocycles. The van der Waals surface area contributed by atoms with E-state index in [-0.39, 0.29) is 12.1 Å². The van der Waals surface area contributed by atoms with Crippen molar-refractivity contribution in [1.29, 1.82) is 0 Å². The highest BCUT2D eigenvalue weighted by molar-refractivity contribution is 5.81. The summed E-state index contributed by atoms with van der Waals surface area (Å²) in [5, 5.41) is 15.1. The van der Waals surface area contributed by atoms with Gasteiger partial charge in [0.05, 0.1) is 12.1 Å². The van der Waals surface area contributed by atoms with E-state index < -0.39 is 0 Å². The van der Waals surface area contributed by atoms with Gasteiger partial charge in [0.25, 0.3) is 0 Å². The fraction of sp³-hybridized carbons (Fsp3) is 0.263. The molecule has 2 aromatic carbocycles. The first-order valence-electron chi connectivity index (χ1n) is 7.85. The van der Waals surface area contributed by atoms with Crippen molar-refractivity contribution in [3.63, 3.8) is 0 Å². The van der Waals surface area contributed by atoms with E-state index in [0.717, 1.165) is 13.0 Å². The van der Waals surface area contributed by atoms with Crippen LogP contribution in [0.5, 0.6) is 0 Å². The molecule has 0 unspecified atom stereocenters. The second-order valence-electron chi connectivity index (χ2n) is 6.05. The zero-order chi connectivity index (χ0) is 14.9. The maximum absolute atomic E-state index is 10.2. The number of benzene rings is 2. The summed E-state index contributed by atoms with van der Waals surface area (Å²) in [5.41, 5.74) is 3.76. The number of rotatable bonds is 3. The van der Waals surface area contributed by atoms with Crippen LogP contribution < -0.4 is 5.32 Å².